The van der Waals surface area contributed by atoms with Gasteiger partial charge in [0.25, 0.3) is 11.4 Å². The summed E-state index contributed by atoms with van der Waals surface area (Å²) in [4.78, 5) is 0. The quantitative estimate of drug-likeness (QED) is 0.487. The van der Waals surface area contributed by atoms with Crippen molar-refractivity contribution in [2.24, 2.45) is 0 Å². The third kappa shape index (κ3) is 2.34. The summed E-state index contributed by atoms with van der Waals surface area (Å²) in [6.45, 7) is 0. The molecule has 124 valence electrons. The van der Waals surface area contributed by atoms with Gasteiger partial charge in [-0.25, -0.2) is 0 Å². The highest BCUT2D eigenvalue weighted by molar-refractivity contribution is 5.47. The van der Waals surface area contributed by atoms with Crippen LogP contribution in [-0.4, -0.2) is 0 Å². The van der Waals surface area contributed by atoms with Crippen molar-refractivity contribution in [3.05, 3.63) is 121 Å². The highest BCUT2D eigenvalue weighted by Gasteiger charge is 2.47. The number of pyridine rings is 2. The molecule has 0 N–H and O–H groups in total. The smallest absolute Gasteiger partial charge is 0.179 e. The van der Waals surface area contributed by atoms with Crippen LogP contribution < -0.4 is 9.13 Å². The van der Waals surface area contributed by atoms with Crippen molar-refractivity contribution in [2.45, 2.75) is 12.1 Å². The third-order valence-corrected chi connectivity index (χ3v) is 5.22. The van der Waals surface area contributed by atoms with Gasteiger partial charge < -0.3 is 0 Å². The molecule has 2 aromatic heterocycles. The second kappa shape index (κ2) is 6.23. The first-order valence-corrected chi connectivity index (χ1v) is 9.04. The Hall–Kier alpha value is -3.26. The molecule has 0 aliphatic carbocycles. The number of nitrogens with zero attached hydrogens (tertiary/aromatic N) is 2. The summed E-state index contributed by atoms with van der Waals surface area (Å²) in [7, 11) is 0. The second-order valence-corrected chi connectivity index (χ2v) is 6.70. The van der Waals surface area contributed by atoms with E-state index in [1.54, 1.807) is 0 Å². The van der Waals surface area contributed by atoms with E-state index in [9.17, 15) is 0 Å². The lowest BCUT2D eigenvalue weighted by Gasteiger charge is -2.26. The van der Waals surface area contributed by atoms with E-state index in [2.05, 4.69) is 119 Å². The van der Waals surface area contributed by atoms with Crippen LogP contribution in [0.5, 0.6) is 0 Å². The second-order valence-electron chi connectivity index (χ2n) is 6.70. The number of aromatic nitrogens is 2. The number of hydrogen-bond acceptors (Lipinski definition) is 0. The zero-order valence-electron chi connectivity index (χ0n) is 14.4. The van der Waals surface area contributed by atoms with Gasteiger partial charge in [0.1, 0.15) is 0 Å². The summed E-state index contributed by atoms with van der Waals surface area (Å²) in [5.74, 6) is 0. The minimum atomic E-state index is 0.203. The fraction of sp³-hybridized carbons (Fsp3) is 0.0833. The monoisotopic (exact) mass is 336 g/mol. The van der Waals surface area contributed by atoms with Crippen molar-refractivity contribution in [3.8, 4) is 11.4 Å². The van der Waals surface area contributed by atoms with E-state index < -0.39 is 0 Å². The van der Waals surface area contributed by atoms with Crippen LogP contribution in [0.3, 0.4) is 0 Å². The maximum Gasteiger partial charge on any atom is 0.278 e. The first-order valence-electron chi connectivity index (χ1n) is 9.04. The van der Waals surface area contributed by atoms with Gasteiger partial charge in [-0.1, -0.05) is 60.7 Å². The molecule has 2 aromatic carbocycles. The Morgan fingerprint density at radius 3 is 1.23 bits per heavy atom. The van der Waals surface area contributed by atoms with E-state index in [0.717, 1.165) is 0 Å². The molecular weight excluding hydrogens is 316 g/mol. The van der Waals surface area contributed by atoms with Crippen molar-refractivity contribution in [1.82, 2.24) is 0 Å². The molecule has 0 spiro atoms. The Kier molecular flexibility index (Phi) is 3.60. The Labute approximate surface area is 153 Å². The molecule has 1 aliphatic rings. The molecule has 0 radical (unpaired) electrons. The lowest BCUT2D eigenvalue weighted by Crippen LogP contribution is -2.60. The molecule has 2 nitrogen and oxygen atoms in total. The van der Waals surface area contributed by atoms with Crippen molar-refractivity contribution >= 4 is 0 Å². The fourth-order valence-electron chi connectivity index (χ4n) is 4.12. The summed E-state index contributed by atoms with van der Waals surface area (Å²) < 4.78 is 4.84. The molecule has 2 unspecified atom stereocenters. The van der Waals surface area contributed by atoms with Crippen LogP contribution in [-0.2, 0) is 0 Å². The average Bonchev–Trinajstić information content (AvgIpc) is 2.74. The van der Waals surface area contributed by atoms with E-state index in [1.807, 2.05) is 0 Å². The third-order valence-electron chi connectivity index (χ3n) is 5.22. The predicted octanol–water partition coefficient (Wildman–Crippen LogP) is 4.12. The van der Waals surface area contributed by atoms with E-state index in [4.69, 9.17) is 0 Å². The SMILES string of the molecule is c1ccc(C2C(c3ccccc3)[n+]3ccccc3-c3cccc[n+]32)cc1. The van der Waals surface area contributed by atoms with Crippen LogP contribution in [0.15, 0.2) is 109 Å². The molecular formula is C24H20N2+2. The van der Waals surface area contributed by atoms with E-state index >= 15 is 0 Å². The normalized spacial score (nSPS) is 18.0. The first-order chi connectivity index (χ1) is 12.9. The van der Waals surface area contributed by atoms with Crippen LogP contribution in [0.25, 0.3) is 11.4 Å². The summed E-state index contributed by atoms with van der Waals surface area (Å²) in [5, 5.41) is 0. The molecule has 2 atom stereocenters. The standard InChI is InChI=1S/C24H20N2/c1-3-11-19(12-4-1)23-24(20-13-5-2-6-14-20)26-18-10-8-16-22(26)21-15-7-9-17-25(21)23/h1-18,23-24H/q+2. The lowest BCUT2D eigenvalue weighted by atomic mass is 9.89. The first kappa shape index (κ1) is 15.0. The van der Waals surface area contributed by atoms with Gasteiger partial charge in [0.15, 0.2) is 12.4 Å². The van der Waals surface area contributed by atoms with E-state index in [-0.39, 0.29) is 12.1 Å². The summed E-state index contributed by atoms with van der Waals surface area (Å²) in [6, 6.07) is 35.0. The van der Waals surface area contributed by atoms with Gasteiger partial charge >= 0.3 is 0 Å². The molecule has 26 heavy (non-hydrogen) atoms. The van der Waals surface area contributed by atoms with Gasteiger partial charge in [-0.05, 0) is 12.1 Å². The summed E-state index contributed by atoms with van der Waals surface area (Å²) in [6.07, 6.45) is 4.42. The van der Waals surface area contributed by atoms with Crippen molar-refractivity contribution in [3.63, 3.8) is 0 Å². The van der Waals surface area contributed by atoms with Gasteiger partial charge in [0.05, 0.1) is 0 Å². The van der Waals surface area contributed by atoms with Crippen molar-refractivity contribution < 1.29 is 9.13 Å². The molecule has 2 heteroatoms. The molecule has 0 saturated heterocycles. The van der Waals surface area contributed by atoms with Crippen LogP contribution in [0, 0.1) is 0 Å². The minimum Gasteiger partial charge on any atom is -0.179 e. The van der Waals surface area contributed by atoms with Gasteiger partial charge in [-0.3, -0.25) is 0 Å². The Balaban J connectivity index is 1.83. The van der Waals surface area contributed by atoms with E-state index in [0.29, 0.717) is 0 Å². The van der Waals surface area contributed by atoms with Crippen molar-refractivity contribution in [2.75, 3.05) is 0 Å². The predicted molar refractivity (Wildman–Crippen MR) is 101 cm³/mol. The fourth-order valence-corrected chi connectivity index (χ4v) is 4.12. The molecule has 0 amide bonds. The molecule has 5 rings (SSSR count). The minimum absolute atomic E-state index is 0.203. The highest BCUT2D eigenvalue weighted by Crippen LogP contribution is 2.34. The molecule has 1 aliphatic heterocycles. The highest BCUT2D eigenvalue weighted by atomic mass is 15.2. The van der Waals surface area contributed by atoms with Crippen LogP contribution in [0.4, 0.5) is 0 Å². The number of fused-ring (bicyclic) bond motifs is 3. The molecule has 4 aromatic rings. The maximum atomic E-state index is 2.42. The van der Waals surface area contributed by atoms with E-state index in [1.165, 1.54) is 22.5 Å². The lowest BCUT2D eigenvalue weighted by molar-refractivity contribution is -0.819. The zero-order chi connectivity index (χ0) is 17.3. The zero-order valence-corrected chi connectivity index (χ0v) is 14.4. The Morgan fingerprint density at radius 2 is 0.808 bits per heavy atom. The van der Waals surface area contributed by atoms with Gasteiger partial charge in [0.2, 0.25) is 12.1 Å². The molecule has 0 bridgehead atoms. The number of benzene rings is 2. The van der Waals surface area contributed by atoms with Crippen LogP contribution in [0.2, 0.25) is 0 Å². The van der Waals surface area contributed by atoms with Gasteiger partial charge in [0, 0.05) is 35.4 Å². The molecule has 0 saturated carbocycles. The van der Waals surface area contributed by atoms with Gasteiger partial charge in [-0.15, -0.1) is 0 Å². The molecule has 3 heterocycles. The number of rotatable bonds is 2. The Bertz CT molecular complexity index is 955. The Morgan fingerprint density at radius 1 is 0.423 bits per heavy atom. The summed E-state index contributed by atoms with van der Waals surface area (Å²) in [5.41, 5.74) is 5.13. The van der Waals surface area contributed by atoms with Crippen LogP contribution >= 0.6 is 0 Å². The maximum absolute atomic E-state index is 2.42. The molecule has 0 fully saturated rings. The number of hydrogen-bond donors (Lipinski definition) is 0. The average molecular weight is 336 g/mol. The topological polar surface area (TPSA) is 7.76 Å². The summed E-state index contributed by atoms with van der Waals surface area (Å²) >= 11 is 0. The van der Waals surface area contributed by atoms with Crippen LogP contribution in [0.1, 0.15) is 23.2 Å². The van der Waals surface area contributed by atoms with Gasteiger partial charge in [-0.2, -0.15) is 9.13 Å². The van der Waals surface area contributed by atoms with Crippen molar-refractivity contribution in [1.29, 1.82) is 0 Å². The largest absolute Gasteiger partial charge is 0.278 e.